The molecule has 3 heterocycles. The van der Waals surface area contributed by atoms with E-state index < -0.39 is 0 Å². The lowest BCUT2D eigenvalue weighted by molar-refractivity contribution is -0.669. The van der Waals surface area contributed by atoms with Crippen LogP contribution in [-0.4, -0.2) is 35.1 Å². The van der Waals surface area contributed by atoms with E-state index in [0.29, 0.717) is 17.2 Å². The highest BCUT2D eigenvalue weighted by molar-refractivity contribution is 5.89. The monoisotopic (exact) mass is 555 g/mol. The van der Waals surface area contributed by atoms with Gasteiger partial charge in [-0.25, -0.2) is 9.55 Å². The largest absolute Gasteiger partial charge is 0.493 e. The molecular weight excluding hydrogens is 524 g/mol. The van der Waals surface area contributed by atoms with Gasteiger partial charge >= 0.3 is 5.65 Å². The molecule has 0 radical (unpaired) electrons. The van der Waals surface area contributed by atoms with Gasteiger partial charge in [-0.2, -0.15) is 4.40 Å². The molecule has 0 unspecified atom stereocenters. The number of aryl methyl sites for hydroxylation is 2. The van der Waals surface area contributed by atoms with E-state index in [1.54, 1.807) is 21.3 Å². The van der Waals surface area contributed by atoms with Crippen LogP contribution < -0.4 is 18.8 Å². The van der Waals surface area contributed by atoms with Crippen LogP contribution in [0.4, 0.5) is 0 Å². The van der Waals surface area contributed by atoms with Crippen molar-refractivity contribution in [1.29, 1.82) is 0 Å². The van der Waals surface area contributed by atoms with Crippen molar-refractivity contribution in [2.75, 3.05) is 21.3 Å². The number of nitrogens with zero attached hydrogens (tertiary/aromatic N) is 4. The number of ether oxygens (including phenoxy) is 3. The topological polar surface area (TPSA) is 53.3 Å². The first kappa shape index (κ1) is 25.7. The minimum Gasteiger partial charge on any atom is -0.493 e. The minimum absolute atomic E-state index is 0.594. The molecule has 7 heteroatoms. The Morgan fingerprint density at radius 3 is 1.83 bits per heavy atom. The molecule has 0 N–H and O–H groups in total. The zero-order chi connectivity index (χ0) is 28.6. The van der Waals surface area contributed by atoms with Gasteiger partial charge in [0.2, 0.25) is 11.4 Å². The lowest BCUT2D eigenvalue weighted by Gasteiger charge is -2.13. The third-order valence-corrected chi connectivity index (χ3v) is 7.83. The molecule has 0 amide bonds. The Bertz CT molecular complexity index is 2020. The summed E-state index contributed by atoms with van der Waals surface area (Å²) in [5, 5.41) is 0. The molecule has 7 aromatic rings. The molecule has 0 saturated carbocycles. The molecule has 42 heavy (non-hydrogen) atoms. The predicted octanol–water partition coefficient (Wildman–Crippen LogP) is 6.63. The van der Waals surface area contributed by atoms with E-state index in [0.717, 1.165) is 63.4 Å². The molecule has 0 fully saturated rings. The molecule has 3 aromatic heterocycles. The summed E-state index contributed by atoms with van der Waals surface area (Å²) in [4.78, 5) is 5.04. The van der Waals surface area contributed by atoms with Crippen molar-refractivity contribution in [2.45, 2.75) is 13.0 Å². The van der Waals surface area contributed by atoms with Gasteiger partial charge in [0.05, 0.1) is 45.3 Å². The summed E-state index contributed by atoms with van der Waals surface area (Å²) in [5.74, 6) is 1.89. The Labute approximate surface area is 243 Å². The average molecular weight is 556 g/mol. The third-order valence-electron chi connectivity index (χ3n) is 7.83. The first-order valence-electron chi connectivity index (χ1n) is 13.9. The Hall–Kier alpha value is -5.30. The van der Waals surface area contributed by atoms with Crippen molar-refractivity contribution in [3.63, 3.8) is 0 Å². The zero-order valence-corrected chi connectivity index (χ0v) is 23.8. The zero-order valence-electron chi connectivity index (χ0n) is 23.8. The van der Waals surface area contributed by atoms with Crippen LogP contribution in [0, 0.1) is 0 Å². The van der Waals surface area contributed by atoms with Crippen LogP contribution in [0.15, 0.2) is 109 Å². The van der Waals surface area contributed by atoms with E-state index >= 15 is 0 Å². The van der Waals surface area contributed by atoms with Crippen molar-refractivity contribution < 1.29 is 18.8 Å². The fourth-order valence-corrected chi connectivity index (χ4v) is 5.90. The number of imidazole rings is 2. The van der Waals surface area contributed by atoms with Crippen molar-refractivity contribution in [1.82, 2.24) is 13.8 Å². The molecule has 0 atom stereocenters. The Morgan fingerprint density at radius 1 is 0.667 bits per heavy atom. The highest BCUT2D eigenvalue weighted by Crippen LogP contribution is 2.38. The van der Waals surface area contributed by atoms with Gasteiger partial charge in [-0.15, -0.1) is 0 Å². The number of benzene rings is 4. The van der Waals surface area contributed by atoms with Crippen LogP contribution in [0.25, 0.3) is 44.8 Å². The molecule has 7 nitrogen and oxygen atoms in total. The number of hydrogen-bond donors (Lipinski definition) is 0. The maximum absolute atomic E-state index is 5.63. The van der Waals surface area contributed by atoms with E-state index in [2.05, 4.69) is 98.4 Å². The molecule has 208 valence electrons. The number of para-hydroxylation sites is 2. The van der Waals surface area contributed by atoms with Gasteiger partial charge in [0.15, 0.2) is 22.7 Å². The van der Waals surface area contributed by atoms with E-state index in [-0.39, 0.29) is 0 Å². The fourth-order valence-electron chi connectivity index (χ4n) is 5.90. The van der Waals surface area contributed by atoms with Gasteiger partial charge in [0.1, 0.15) is 6.20 Å². The Kier molecular flexibility index (Phi) is 6.47. The van der Waals surface area contributed by atoms with E-state index in [4.69, 9.17) is 19.2 Å². The molecule has 4 aromatic carbocycles. The summed E-state index contributed by atoms with van der Waals surface area (Å²) in [6.07, 6.45) is 4.97. The number of aromatic nitrogens is 4. The van der Waals surface area contributed by atoms with Crippen LogP contribution >= 0.6 is 0 Å². The third kappa shape index (κ3) is 4.13. The van der Waals surface area contributed by atoms with Crippen LogP contribution in [0.2, 0.25) is 0 Å². The van der Waals surface area contributed by atoms with Gasteiger partial charge < -0.3 is 14.2 Å². The molecule has 0 aliphatic heterocycles. The molecule has 0 aliphatic carbocycles. The molecule has 0 bridgehead atoms. The van der Waals surface area contributed by atoms with Crippen LogP contribution in [0.5, 0.6) is 17.2 Å². The lowest BCUT2D eigenvalue weighted by atomic mass is 10.1. The van der Waals surface area contributed by atoms with Crippen LogP contribution in [-0.2, 0) is 13.0 Å². The summed E-state index contributed by atoms with van der Waals surface area (Å²) in [7, 11) is 4.92. The molecule has 0 spiro atoms. The van der Waals surface area contributed by atoms with Crippen molar-refractivity contribution >= 4 is 22.3 Å². The van der Waals surface area contributed by atoms with Gasteiger partial charge in [-0.05, 0) is 29.8 Å². The number of hydrogen-bond acceptors (Lipinski definition) is 4. The first-order chi connectivity index (χ1) is 20.7. The summed E-state index contributed by atoms with van der Waals surface area (Å²) in [6, 6.07) is 33.6. The standard InChI is InChI=1S/C35H31N4O3/c1-40-31-20-24(21-32(41-2)33(31)42-3)18-19-37-23-30(26-14-8-5-9-15-26)39-28-17-11-10-16-27(28)38-29(22-36-34(38)35(37)39)25-12-6-4-7-13-25/h4-17,20-23H,18-19H2,1-3H3/q+1. The quantitative estimate of drug-likeness (QED) is 0.198. The van der Waals surface area contributed by atoms with E-state index in [9.17, 15) is 0 Å². The van der Waals surface area contributed by atoms with Crippen LogP contribution in [0.1, 0.15) is 5.56 Å². The van der Waals surface area contributed by atoms with Gasteiger partial charge in [-0.3, -0.25) is 4.40 Å². The fraction of sp³-hybridized carbons (Fsp3) is 0.143. The molecule has 0 saturated heterocycles. The highest BCUT2D eigenvalue weighted by Gasteiger charge is 2.27. The van der Waals surface area contributed by atoms with Crippen molar-refractivity contribution in [2.24, 2.45) is 0 Å². The minimum atomic E-state index is 0.594. The average Bonchev–Trinajstić information content (AvgIpc) is 3.67. The Morgan fingerprint density at radius 2 is 1.24 bits per heavy atom. The van der Waals surface area contributed by atoms with E-state index in [1.165, 1.54) is 0 Å². The highest BCUT2D eigenvalue weighted by atomic mass is 16.5. The number of fused-ring (bicyclic) bond motifs is 6. The second-order valence-electron chi connectivity index (χ2n) is 10.2. The maximum Gasteiger partial charge on any atom is 0.331 e. The predicted molar refractivity (Wildman–Crippen MR) is 165 cm³/mol. The lowest BCUT2D eigenvalue weighted by Crippen LogP contribution is -2.34. The van der Waals surface area contributed by atoms with Gasteiger partial charge in [-0.1, -0.05) is 72.8 Å². The first-order valence-corrected chi connectivity index (χ1v) is 13.9. The molecular formula is C35H31N4O3+. The van der Waals surface area contributed by atoms with Gasteiger partial charge in [0.25, 0.3) is 0 Å². The van der Waals surface area contributed by atoms with E-state index in [1.807, 2.05) is 24.4 Å². The summed E-state index contributed by atoms with van der Waals surface area (Å²) in [6.45, 7) is 0.719. The SMILES string of the molecule is COc1cc(CC[n+]2cc(-c3ccccc3)n3c4ccccc4n4c(-c5ccccc5)cnc4c32)cc(OC)c1OC. The summed E-state index contributed by atoms with van der Waals surface area (Å²) < 4.78 is 23.7. The summed E-state index contributed by atoms with van der Waals surface area (Å²) >= 11 is 0. The van der Waals surface area contributed by atoms with Gasteiger partial charge in [0, 0.05) is 17.5 Å². The van der Waals surface area contributed by atoms with Crippen LogP contribution in [0.3, 0.4) is 0 Å². The summed E-state index contributed by atoms with van der Waals surface area (Å²) in [5.41, 5.74) is 9.66. The Balaban J connectivity index is 1.47. The number of rotatable bonds is 8. The van der Waals surface area contributed by atoms with Crippen molar-refractivity contribution in [3.05, 3.63) is 115 Å². The number of methoxy groups -OCH3 is 3. The normalized spacial score (nSPS) is 11.4. The second-order valence-corrected chi connectivity index (χ2v) is 10.2. The molecule has 7 rings (SSSR count). The molecule has 0 aliphatic rings. The maximum atomic E-state index is 5.63. The smallest absolute Gasteiger partial charge is 0.331 e. The second kappa shape index (κ2) is 10.6. The van der Waals surface area contributed by atoms with Crippen molar-refractivity contribution in [3.8, 4) is 39.8 Å².